The Morgan fingerprint density at radius 3 is 2.74 bits per heavy atom. The molecule has 0 fully saturated rings. The Balaban J connectivity index is 2.36. The molecule has 0 bridgehead atoms. The number of likely N-dealkylation sites (N-methyl/N-ethyl adjacent to an activating group) is 1. The van der Waals surface area contributed by atoms with Gasteiger partial charge in [-0.25, -0.2) is 0 Å². The van der Waals surface area contributed by atoms with E-state index in [2.05, 4.69) is 4.98 Å². The van der Waals surface area contributed by atoms with Crippen LogP contribution in [0.2, 0.25) is 0 Å². The van der Waals surface area contributed by atoms with Crippen molar-refractivity contribution in [2.24, 2.45) is 0 Å². The lowest BCUT2D eigenvalue weighted by atomic mass is 10.0. The van der Waals surface area contributed by atoms with Crippen LogP contribution in [0.1, 0.15) is 24.3 Å². The van der Waals surface area contributed by atoms with E-state index in [9.17, 15) is 9.90 Å². The topological polar surface area (TPSA) is 82.3 Å². The predicted octanol–water partition coefficient (Wildman–Crippen LogP) is 1.59. The molecule has 1 heterocycles. The summed E-state index contributed by atoms with van der Waals surface area (Å²) in [6.45, 7) is 3.53. The maximum absolute atomic E-state index is 12.4. The number of anilines is 1. The fourth-order valence-electron chi connectivity index (χ4n) is 1.83. The number of aromatic amines is 1. The number of carbonyl (C=O) groups is 1. The van der Waals surface area contributed by atoms with E-state index in [0.717, 1.165) is 10.9 Å². The van der Waals surface area contributed by atoms with Gasteiger partial charge in [-0.3, -0.25) is 4.79 Å². The number of nitrogens with one attached hydrogen (secondary N) is 1. The first kappa shape index (κ1) is 13.4. The number of hydrogen-bond donors (Lipinski definition) is 3. The first-order chi connectivity index (χ1) is 8.85. The number of benzene rings is 1. The molecule has 1 amide bonds. The second-order valence-electron chi connectivity index (χ2n) is 5.36. The van der Waals surface area contributed by atoms with Gasteiger partial charge in [0.1, 0.15) is 5.69 Å². The largest absolute Gasteiger partial charge is 0.399 e. The highest BCUT2D eigenvalue weighted by Crippen LogP contribution is 2.21. The summed E-state index contributed by atoms with van der Waals surface area (Å²) in [5.41, 5.74) is 7.13. The van der Waals surface area contributed by atoms with Crippen LogP contribution in [0.4, 0.5) is 5.69 Å². The minimum Gasteiger partial charge on any atom is -0.399 e. The molecule has 0 aliphatic carbocycles. The first-order valence-electron chi connectivity index (χ1n) is 6.12. The number of rotatable bonds is 3. The van der Waals surface area contributed by atoms with E-state index in [0.29, 0.717) is 11.4 Å². The second kappa shape index (κ2) is 4.59. The van der Waals surface area contributed by atoms with Crippen molar-refractivity contribution >= 4 is 22.5 Å². The lowest BCUT2D eigenvalue weighted by Gasteiger charge is -2.33. The molecule has 5 nitrogen and oxygen atoms in total. The third-order valence-corrected chi connectivity index (χ3v) is 3.47. The average molecular weight is 261 g/mol. The molecule has 0 aliphatic heterocycles. The van der Waals surface area contributed by atoms with Crippen LogP contribution in [0.3, 0.4) is 0 Å². The van der Waals surface area contributed by atoms with E-state index in [1.165, 1.54) is 4.90 Å². The van der Waals surface area contributed by atoms with Crippen LogP contribution in [-0.2, 0) is 0 Å². The molecule has 1 aromatic heterocycles. The molecule has 102 valence electrons. The third kappa shape index (κ3) is 2.42. The highest BCUT2D eigenvalue weighted by Gasteiger charge is 2.28. The summed E-state index contributed by atoms with van der Waals surface area (Å²) in [6.07, 6.45) is 0. The number of nitrogens with two attached hydrogens (primary N) is 1. The summed E-state index contributed by atoms with van der Waals surface area (Å²) in [6, 6.07) is 7.23. The minimum atomic E-state index is -0.604. The zero-order valence-corrected chi connectivity index (χ0v) is 11.4. The van der Waals surface area contributed by atoms with Crippen LogP contribution in [0.15, 0.2) is 24.3 Å². The van der Waals surface area contributed by atoms with Crippen molar-refractivity contribution in [3.05, 3.63) is 30.0 Å². The van der Waals surface area contributed by atoms with Crippen molar-refractivity contribution in [1.82, 2.24) is 9.88 Å². The Bertz CT molecular complexity index is 616. The monoisotopic (exact) mass is 261 g/mol. The molecule has 0 unspecified atom stereocenters. The third-order valence-electron chi connectivity index (χ3n) is 3.47. The summed E-state index contributed by atoms with van der Waals surface area (Å²) in [5, 5.41) is 10.2. The Kier molecular flexibility index (Phi) is 3.24. The van der Waals surface area contributed by atoms with Gasteiger partial charge >= 0.3 is 0 Å². The lowest BCUT2D eigenvalue weighted by molar-refractivity contribution is 0.0468. The number of aromatic nitrogens is 1. The number of hydrogen-bond acceptors (Lipinski definition) is 3. The van der Waals surface area contributed by atoms with Crippen LogP contribution in [0.25, 0.3) is 10.9 Å². The van der Waals surface area contributed by atoms with Gasteiger partial charge in [-0.15, -0.1) is 0 Å². The molecule has 19 heavy (non-hydrogen) atoms. The molecule has 0 saturated heterocycles. The summed E-state index contributed by atoms with van der Waals surface area (Å²) in [5.74, 6) is -0.158. The molecular formula is C14H19N3O2. The standard InChI is InChI=1S/C14H19N3O2/c1-14(2,8-18)17(3)13(19)12-7-9-6-10(15)4-5-11(9)16-12/h4-7,16,18H,8,15H2,1-3H3. The zero-order valence-electron chi connectivity index (χ0n) is 11.4. The van der Waals surface area contributed by atoms with Gasteiger partial charge < -0.3 is 20.7 Å². The summed E-state index contributed by atoms with van der Waals surface area (Å²) >= 11 is 0. The van der Waals surface area contributed by atoms with E-state index in [-0.39, 0.29) is 12.5 Å². The van der Waals surface area contributed by atoms with Gasteiger partial charge in [0.05, 0.1) is 12.1 Å². The predicted molar refractivity (Wildman–Crippen MR) is 76.0 cm³/mol. The van der Waals surface area contributed by atoms with Crippen molar-refractivity contribution in [2.75, 3.05) is 19.4 Å². The number of aliphatic hydroxyl groups is 1. The number of amides is 1. The number of carbonyl (C=O) groups excluding carboxylic acids is 1. The van der Waals surface area contributed by atoms with Gasteiger partial charge in [-0.2, -0.15) is 0 Å². The molecule has 5 heteroatoms. The van der Waals surface area contributed by atoms with Crippen LogP contribution < -0.4 is 5.73 Å². The van der Waals surface area contributed by atoms with E-state index in [1.54, 1.807) is 19.2 Å². The smallest absolute Gasteiger partial charge is 0.270 e. The Morgan fingerprint density at radius 2 is 2.11 bits per heavy atom. The van der Waals surface area contributed by atoms with Gasteiger partial charge in [0, 0.05) is 23.6 Å². The number of fused-ring (bicyclic) bond motifs is 1. The number of nitrogen functional groups attached to an aromatic ring is 1. The molecule has 4 N–H and O–H groups in total. The highest BCUT2D eigenvalue weighted by atomic mass is 16.3. The molecule has 2 aromatic rings. The first-order valence-corrected chi connectivity index (χ1v) is 6.12. The fourth-order valence-corrected chi connectivity index (χ4v) is 1.83. The van der Waals surface area contributed by atoms with Crippen LogP contribution in [0, 0.1) is 0 Å². The maximum Gasteiger partial charge on any atom is 0.270 e. The molecule has 2 rings (SSSR count). The summed E-state index contributed by atoms with van der Waals surface area (Å²) < 4.78 is 0. The van der Waals surface area contributed by atoms with Crippen LogP contribution in [0.5, 0.6) is 0 Å². The summed E-state index contributed by atoms with van der Waals surface area (Å²) in [7, 11) is 1.68. The SMILES string of the molecule is CN(C(=O)c1cc2cc(N)ccc2[nH]1)C(C)(C)CO. The summed E-state index contributed by atoms with van der Waals surface area (Å²) in [4.78, 5) is 17.0. The Morgan fingerprint density at radius 1 is 1.42 bits per heavy atom. The van der Waals surface area contributed by atoms with Crippen molar-refractivity contribution in [2.45, 2.75) is 19.4 Å². The molecule has 0 aliphatic rings. The minimum absolute atomic E-state index is 0.0948. The van der Waals surface area contributed by atoms with E-state index in [1.807, 2.05) is 26.0 Å². The van der Waals surface area contributed by atoms with Gasteiger partial charge in [0.25, 0.3) is 5.91 Å². The van der Waals surface area contributed by atoms with Crippen molar-refractivity contribution in [1.29, 1.82) is 0 Å². The molecule has 1 aromatic carbocycles. The van der Waals surface area contributed by atoms with Gasteiger partial charge in [0.2, 0.25) is 0 Å². The molecule has 0 radical (unpaired) electrons. The molecule has 0 atom stereocenters. The molecule has 0 saturated carbocycles. The van der Waals surface area contributed by atoms with Crippen molar-refractivity contribution in [3.63, 3.8) is 0 Å². The number of aliphatic hydroxyl groups excluding tert-OH is 1. The van der Waals surface area contributed by atoms with E-state index >= 15 is 0 Å². The molecular weight excluding hydrogens is 242 g/mol. The normalized spacial score (nSPS) is 11.8. The fraction of sp³-hybridized carbons (Fsp3) is 0.357. The van der Waals surface area contributed by atoms with Crippen molar-refractivity contribution in [3.8, 4) is 0 Å². The van der Waals surface area contributed by atoms with Crippen LogP contribution in [-0.4, -0.2) is 40.1 Å². The van der Waals surface area contributed by atoms with Gasteiger partial charge in [-0.05, 0) is 38.1 Å². The van der Waals surface area contributed by atoms with E-state index < -0.39 is 5.54 Å². The average Bonchev–Trinajstić information content (AvgIpc) is 2.79. The maximum atomic E-state index is 12.4. The zero-order chi connectivity index (χ0) is 14.2. The Hall–Kier alpha value is -2.01. The van der Waals surface area contributed by atoms with Gasteiger partial charge in [0.15, 0.2) is 0 Å². The number of nitrogens with zero attached hydrogens (tertiary/aromatic N) is 1. The van der Waals surface area contributed by atoms with Gasteiger partial charge in [-0.1, -0.05) is 0 Å². The van der Waals surface area contributed by atoms with Crippen LogP contribution >= 0.6 is 0 Å². The highest BCUT2D eigenvalue weighted by molar-refractivity contribution is 5.98. The lowest BCUT2D eigenvalue weighted by Crippen LogP contribution is -2.47. The van der Waals surface area contributed by atoms with E-state index in [4.69, 9.17) is 5.73 Å². The second-order valence-corrected chi connectivity index (χ2v) is 5.36. The van der Waals surface area contributed by atoms with Crippen molar-refractivity contribution < 1.29 is 9.90 Å². The number of H-pyrrole nitrogens is 1. The Labute approximate surface area is 112 Å². The quantitative estimate of drug-likeness (QED) is 0.734. The molecule has 0 spiro atoms.